The Morgan fingerprint density at radius 1 is 1.24 bits per heavy atom. The summed E-state index contributed by atoms with van der Waals surface area (Å²) in [6.45, 7) is 1.43. The van der Waals surface area contributed by atoms with Gasteiger partial charge in [-0.25, -0.2) is 4.39 Å². The van der Waals surface area contributed by atoms with Crippen molar-refractivity contribution in [1.82, 2.24) is 0 Å². The number of nitrogens with zero attached hydrogens (tertiary/aromatic N) is 1. The smallest absolute Gasteiger partial charge is 0.317 e. The second-order valence-corrected chi connectivity index (χ2v) is 6.01. The second-order valence-electron chi connectivity index (χ2n) is 5.00. The van der Waals surface area contributed by atoms with E-state index in [1.807, 2.05) is 6.07 Å². The van der Waals surface area contributed by atoms with Crippen molar-refractivity contribution in [1.29, 1.82) is 5.26 Å². The van der Waals surface area contributed by atoms with Crippen LogP contribution in [0, 0.1) is 17.1 Å². The molecular weight excluding hydrogens is 343 g/mol. The van der Waals surface area contributed by atoms with E-state index in [0.29, 0.717) is 16.1 Å². The number of amides is 1. The number of nitriles is 1. The summed E-state index contributed by atoms with van der Waals surface area (Å²) in [5, 5.41) is 11.5. The van der Waals surface area contributed by atoms with Crippen LogP contribution in [0.15, 0.2) is 53.4 Å². The van der Waals surface area contributed by atoms with E-state index in [9.17, 15) is 14.0 Å². The molecular formula is C18H15FN2O3S. The first-order valence-corrected chi connectivity index (χ1v) is 8.36. The van der Waals surface area contributed by atoms with Crippen LogP contribution < -0.4 is 5.32 Å². The van der Waals surface area contributed by atoms with E-state index in [2.05, 4.69) is 5.32 Å². The van der Waals surface area contributed by atoms with Gasteiger partial charge >= 0.3 is 5.97 Å². The summed E-state index contributed by atoms with van der Waals surface area (Å²) in [4.78, 5) is 24.2. The summed E-state index contributed by atoms with van der Waals surface area (Å²) in [6, 6.07) is 14.6. The van der Waals surface area contributed by atoms with Crippen molar-refractivity contribution >= 4 is 29.3 Å². The van der Waals surface area contributed by atoms with Crippen LogP contribution >= 0.6 is 11.8 Å². The quantitative estimate of drug-likeness (QED) is 0.633. The monoisotopic (exact) mass is 358 g/mol. The molecule has 0 aliphatic heterocycles. The molecule has 0 bridgehead atoms. The maximum absolute atomic E-state index is 13.5. The molecule has 2 rings (SSSR count). The summed E-state index contributed by atoms with van der Waals surface area (Å²) in [7, 11) is 0. The van der Waals surface area contributed by atoms with Gasteiger partial charge in [-0.2, -0.15) is 5.26 Å². The van der Waals surface area contributed by atoms with Crippen molar-refractivity contribution in [2.24, 2.45) is 0 Å². The number of rotatable bonds is 6. The van der Waals surface area contributed by atoms with Crippen LogP contribution in [0.3, 0.4) is 0 Å². The number of anilines is 1. The van der Waals surface area contributed by atoms with Crippen molar-refractivity contribution in [2.75, 3.05) is 11.1 Å². The highest BCUT2D eigenvalue weighted by molar-refractivity contribution is 8.00. The van der Waals surface area contributed by atoms with E-state index in [4.69, 9.17) is 10.00 Å². The van der Waals surface area contributed by atoms with Crippen molar-refractivity contribution in [3.8, 4) is 6.07 Å². The maximum atomic E-state index is 13.5. The average molecular weight is 358 g/mol. The van der Waals surface area contributed by atoms with Gasteiger partial charge in [0.2, 0.25) is 0 Å². The molecule has 0 aromatic heterocycles. The predicted octanol–water partition coefficient (Wildman–Crippen LogP) is 3.36. The molecule has 0 heterocycles. The zero-order valence-corrected chi connectivity index (χ0v) is 14.2. The first-order valence-electron chi connectivity index (χ1n) is 7.38. The molecule has 0 aliphatic carbocycles. The van der Waals surface area contributed by atoms with Crippen LogP contribution in [0.4, 0.5) is 10.1 Å². The number of para-hydroxylation sites is 1. The molecule has 2 aromatic carbocycles. The highest BCUT2D eigenvalue weighted by atomic mass is 32.2. The van der Waals surface area contributed by atoms with Gasteiger partial charge in [0.25, 0.3) is 5.91 Å². The SMILES string of the molecule is C[C@@H](OC(=O)CSc1ccccc1F)C(=O)Nc1ccccc1C#N. The minimum atomic E-state index is -1.04. The molecule has 0 spiro atoms. The van der Waals surface area contributed by atoms with Gasteiger partial charge in [0.1, 0.15) is 11.9 Å². The molecule has 128 valence electrons. The number of thioether (sulfide) groups is 1. The Labute approximate surface area is 148 Å². The van der Waals surface area contributed by atoms with E-state index in [1.165, 1.54) is 13.0 Å². The summed E-state index contributed by atoms with van der Waals surface area (Å²) >= 11 is 0.995. The molecule has 0 aliphatic rings. The lowest BCUT2D eigenvalue weighted by Gasteiger charge is -2.14. The van der Waals surface area contributed by atoms with Crippen molar-refractivity contribution in [3.05, 3.63) is 59.9 Å². The number of esters is 1. The van der Waals surface area contributed by atoms with Crippen LogP contribution in [0.5, 0.6) is 0 Å². The van der Waals surface area contributed by atoms with E-state index in [-0.39, 0.29) is 5.75 Å². The largest absolute Gasteiger partial charge is 0.452 e. The van der Waals surface area contributed by atoms with Crippen LogP contribution in [-0.4, -0.2) is 23.7 Å². The summed E-state index contributed by atoms with van der Waals surface area (Å²) in [5.74, 6) is -1.72. The Morgan fingerprint density at radius 2 is 1.92 bits per heavy atom. The Balaban J connectivity index is 1.87. The number of benzene rings is 2. The minimum Gasteiger partial charge on any atom is -0.452 e. The fourth-order valence-electron chi connectivity index (χ4n) is 1.91. The number of hydrogen-bond acceptors (Lipinski definition) is 5. The zero-order chi connectivity index (χ0) is 18.2. The third-order valence-corrected chi connectivity index (χ3v) is 4.19. The van der Waals surface area contributed by atoms with E-state index >= 15 is 0 Å². The Bertz CT molecular complexity index is 820. The molecule has 2 aromatic rings. The topological polar surface area (TPSA) is 79.2 Å². The number of carbonyl (C=O) groups is 2. The molecule has 25 heavy (non-hydrogen) atoms. The van der Waals surface area contributed by atoms with Crippen molar-refractivity contribution in [3.63, 3.8) is 0 Å². The van der Waals surface area contributed by atoms with E-state index in [0.717, 1.165) is 11.8 Å². The Hall–Kier alpha value is -2.85. The molecule has 0 fully saturated rings. The predicted molar refractivity (Wildman–Crippen MR) is 92.5 cm³/mol. The molecule has 0 radical (unpaired) electrons. The lowest BCUT2D eigenvalue weighted by atomic mass is 10.2. The van der Waals surface area contributed by atoms with Crippen LogP contribution in [0.1, 0.15) is 12.5 Å². The molecule has 0 saturated heterocycles. The lowest BCUT2D eigenvalue weighted by Crippen LogP contribution is -2.30. The number of ether oxygens (including phenoxy) is 1. The van der Waals surface area contributed by atoms with Gasteiger partial charge in [-0.05, 0) is 31.2 Å². The van der Waals surface area contributed by atoms with Gasteiger partial charge in [-0.3, -0.25) is 9.59 Å². The zero-order valence-electron chi connectivity index (χ0n) is 13.4. The number of nitrogens with one attached hydrogen (secondary N) is 1. The van der Waals surface area contributed by atoms with Crippen molar-refractivity contribution < 1.29 is 18.7 Å². The number of hydrogen-bond donors (Lipinski definition) is 1. The summed E-state index contributed by atoms with van der Waals surface area (Å²) in [6.07, 6.45) is -1.04. The minimum absolute atomic E-state index is 0.118. The fraction of sp³-hybridized carbons (Fsp3) is 0.167. The van der Waals surface area contributed by atoms with Crippen molar-refractivity contribution in [2.45, 2.75) is 17.9 Å². The first kappa shape index (κ1) is 18.5. The van der Waals surface area contributed by atoms with Crippen LogP contribution in [0.25, 0.3) is 0 Å². The van der Waals surface area contributed by atoms with Gasteiger partial charge in [-0.15, -0.1) is 11.8 Å². The summed E-state index contributed by atoms with van der Waals surface area (Å²) in [5.41, 5.74) is 0.656. The molecule has 0 unspecified atom stereocenters. The fourth-order valence-corrected chi connectivity index (χ4v) is 2.63. The van der Waals surface area contributed by atoms with E-state index < -0.39 is 23.8 Å². The highest BCUT2D eigenvalue weighted by Crippen LogP contribution is 2.21. The van der Waals surface area contributed by atoms with Gasteiger partial charge in [0.05, 0.1) is 17.0 Å². The van der Waals surface area contributed by atoms with Crippen LogP contribution in [-0.2, 0) is 14.3 Å². The van der Waals surface area contributed by atoms with Gasteiger partial charge in [-0.1, -0.05) is 24.3 Å². The normalized spacial score (nSPS) is 11.2. The van der Waals surface area contributed by atoms with Crippen LogP contribution in [0.2, 0.25) is 0 Å². The standard InChI is InChI=1S/C18H15FN2O3S/c1-12(18(23)21-15-8-4-2-6-13(15)10-20)24-17(22)11-25-16-9-5-3-7-14(16)19/h2-9,12H,11H2,1H3,(H,21,23)/t12-/m1/s1. The molecule has 1 amide bonds. The Morgan fingerprint density at radius 3 is 2.64 bits per heavy atom. The Kier molecular flexibility index (Phi) is 6.54. The first-order chi connectivity index (χ1) is 12.0. The molecule has 0 saturated carbocycles. The molecule has 1 atom stereocenters. The third kappa shape index (κ3) is 5.33. The highest BCUT2D eigenvalue weighted by Gasteiger charge is 2.19. The molecule has 5 nitrogen and oxygen atoms in total. The molecule has 1 N–H and O–H groups in total. The van der Waals surface area contributed by atoms with Gasteiger partial charge in [0, 0.05) is 4.90 Å². The maximum Gasteiger partial charge on any atom is 0.317 e. The summed E-state index contributed by atoms with van der Waals surface area (Å²) < 4.78 is 18.5. The number of carbonyl (C=O) groups excluding carboxylic acids is 2. The second kappa shape index (κ2) is 8.85. The average Bonchev–Trinajstić information content (AvgIpc) is 2.61. The van der Waals surface area contributed by atoms with E-state index in [1.54, 1.807) is 42.5 Å². The van der Waals surface area contributed by atoms with Gasteiger partial charge in [0.15, 0.2) is 6.10 Å². The third-order valence-electron chi connectivity index (χ3n) is 3.17. The number of halogens is 1. The molecule has 7 heteroatoms. The van der Waals surface area contributed by atoms with Gasteiger partial charge < -0.3 is 10.1 Å². The lowest BCUT2D eigenvalue weighted by molar-refractivity contribution is -0.150.